The molecule has 1 heterocycles. The summed E-state index contributed by atoms with van der Waals surface area (Å²) < 4.78 is 6.65. The van der Waals surface area contributed by atoms with Crippen molar-refractivity contribution in [1.29, 1.82) is 0 Å². The van der Waals surface area contributed by atoms with Gasteiger partial charge in [0.15, 0.2) is 0 Å². The van der Waals surface area contributed by atoms with Crippen molar-refractivity contribution in [1.82, 2.24) is 15.1 Å². The number of piperazine rings is 1. The van der Waals surface area contributed by atoms with Crippen LogP contribution in [0.4, 0.5) is 0 Å². The molecule has 1 fully saturated rings. The summed E-state index contributed by atoms with van der Waals surface area (Å²) in [7, 11) is 2.19. The third-order valence-corrected chi connectivity index (χ3v) is 4.57. The van der Waals surface area contributed by atoms with Gasteiger partial charge in [-0.1, -0.05) is 21.9 Å². The monoisotopic (exact) mass is 379 g/mol. The van der Waals surface area contributed by atoms with E-state index in [1.165, 1.54) is 32.7 Å². The van der Waals surface area contributed by atoms with Crippen LogP contribution in [0.2, 0.25) is 0 Å². The molecule has 2 rings (SSSR count). The first-order valence-corrected chi connectivity index (χ1v) is 8.94. The second-order valence-electron chi connectivity index (χ2n) is 5.92. The molecular weight excluding hydrogens is 354 g/mol. The number of hydrogen-bond donors (Lipinski definition) is 1. The van der Waals surface area contributed by atoms with Crippen molar-refractivity contribution in [2.24, 2.45) is 0 Å². The molecule has 126 valence electrons. The van der Waals surface area contributed by atoms with Gasteiger partial charge in [0.1, 0.15) is 12.4 Å². The molecule has 0 unspecified atom stereocenters. The molecule has 1 aliphatic heterocycles. The average Bonchev–Trinajstić information content (AvgIpc) is 2.55. The van der Waals surface area contributed by atoms with E-state index in [2.05, 4.69) is 50.1 Å². The lowest BCUT2D eigenvalue weighted by Crippen LogP contribution is -2.45. The van der Waals surface area contributed by atoms with Crippen molar-refractivity contribution in [3.05, 3.63) is 28.2 Å². The molecule has 1 aliphatic rings. The first-order valence-electron chi connectivity index (χ1n) is 8.15. The van der Waals surface area contributed by atoms with Crippen molar-refractivity contribution < 1.29 is 4.74 Å². The number of likely N-dealkylation sites (N-methyl/N-ethyl adjacent to an activating group) is 1. The predicted octanol–water partition coefficient (Wildman–Crippen LogP) is 2.19. The molecule has 0 atom stereocenters. The van der Waals surface area contributed by atoms with E-state index in [9.17, 15) is 0 Å². The Balaban J connectivity index is 1.69. The predicted molar refractivity (Wildman–Crippen MR) is 98.7 cm³/mol. The fraction of sp³-hybridized carbons (Fsp3) is 0.556. The van der Waals surface area contributed by atoms with Crippen LogP contribution in [0.25, 0.3) is 0 Å². The van der Waals surface area contributed by atoms with Gasteiger partial charge in [-0.2, -0.15) is 0 Å². The number of nitrogens with zero attached hydrogens (tertiary/aromatic N) is 2. The zero-order valence-corrected chi connectivity index (χ0v) is 15.4. The first kappa shape index (κ1) is 18.3. The van der Waals surface area contributed by atoms with E-state index >= 15 is 0 Å². The lowest BCUT2D eigenvalue weighted by atomic mass is 10.2. The second-order valence-corrected chi connectivity index (χ2v) is 6.84. The normalized spacial score (nSPS) is 16.2. The highest BCUT2D eigenvalue weighted by Crippen LogP contribution is 2.23. The second kappa shape index (κ2) is 9.94. The third kappa shape index (κ3) is 6.52. The number of hydrogen-bond acceptors (Lipinski definition) is 4. The number of halogens is 1. The molecule has 4 nitrogen and oxygen atoms in total. The van der Waals surface area contributed by atoms with Gasteiger partial charge < -0.3 is 19.9 Å². The Morgan fingerprint density at radius 2 is 2.09 bits per heavy atom. The Labute approximate surface area is 148 Å². The Bertz CT molecular complexity index is 521. The standard InChI is InChI=1S/C18H26BrN3O/c1-3-13-23-18-6-5-17(19)14-16(18)15-20-7-4-8-22-11-9-21(2)10-12-22/h1,5-6,14,20H,4,7-13,15H2,2H3. The van der Waals surface area contributed by atoms with Gasteiger partial charge in [0.25, 0.3) is 0 Å². The summed E-state index contributed by atoms with van der Waals surface area (Å²) in [6, 6.07) is 6.02. The first-order chi connectivity index (χ1) is 11.2. The topological polar surface area (TPSA) is 27.7 Å². The summed E-state index contributed by atoms with van der Waals surface area (Å²) in [5.41, 5.74) is 1.13. The molecule has 1 aromatic carbocycles. The SMILES string of the molecule is C#CCOc1ccc(Br)cc1CNCCCN1CCN(C)CC1. The zero-order chi connectivity index (χ0) is 16.5. The minimum absolute atomic E-state index is 0.304. The number of rotatable bonds is 8. The van der Waals surface area contributed by atoms with Crippen molar-refractivity contribution in [2.75, 3.05) is 52.9 Å². The summed E-state index contributed by atoms with van der Waals surface area (Å²) in [4.78, 5) is 4.93. The quantitative estimate of drug-likeness (QED) is 0.553. The molecule has 1 saturated heterocycles. The lowest BCUT2D eigenvalue weighted by Gasteiger charge is -2.32. The Kier molecular flexibility index (Phi) is 7.90. The fourth-order valence-corrected chi connectivity index (χ4v) is 3.08. The van der Waals surface area contributed by atoms with Gasteiger partial charge in [0, 0.05) is 42.8 Å². The lowest BCUT2D eigenvalue weighted by molar-refractivity contribution is 0.152. The van der Waals surface area contributed by atoms with E-state index in [0.29, 0.717) is 6.61 Å². The number of ether oxygens (including phenoxy) is 1. The molecule has 5 heteroatoms. The van der Waals surface area contributed by atoms with E-state index in [4.69, 9.17) is 11.2 Å². The molecule has 0 spiro atoms. The van der Waals surface area contributed by atoms with Gasteiger partial charge in [-0.25, -0.2) is 0 Å². The van der Waals surface area contributed by atoms with E-state index in [0.717, 1.165) is 35.3 Å². The van der Waals surface area contributed by atoms with Gasteiger partial charge in [-0.15, -0.1) is 6.42 Å². The third-order valence-electron chi connectivity index (χ3n) is 4.07. The van der Waals surface area contributed by atoms with Crippen LogP contribution in [0.1, 0.15) is 12.0 Å². The van der Waals surface area contributed by atoms with Crippen LogP contribution in [-0.4, -0.2) is 62.7 Å². The fourth-order valence-electron chi connectivity index (χ4n) is 2.67. The Morgan fingerprint density at radius 3 is 2.83 bits per heavy atom. The average molecular weight is 380 g/mol. The Morgan fingerprint density at radius 1 is 1.30 bits per heavy atom. The van der Waals surface area contributed by atoms with Crippen LogP contribution in [0, 0.1) is 12.3 Å². The summed E-state index contributed by atoms with van der Waals surface area (Å²) in [5, 5.41) is 3.50. The summed E-state index contributed by atoms with van der Waals surface area (Å²) in [6.07, 6.45) is 6.43. The molecule has 1 aromatic rings. The summed E-state index contributed by atoms with van der Waals surface area (Å²) >= 11 is 3.51. The molecule has 0 aromatic heterocycles. The zero-order valence-electron chi connectivity index (χ0n) is 13.9. The van der Waals surface area contributed by atoms with Crippen LogP contribution >= 0.6 is 15.9 Å². The van der Waals surface area contributed by atoms with Crippen LogP contribution in [0.3, 0.4) is 0 Å². The molecule has 0 saturated carbocycles. The van der Waals surface area contributed by atoms with E-state index < -0.39 is 0 Å². The number of benzene rings is 1. The van der Waals surface area contributed by atoms with Gasteiger partial charge in [-0.3, -0.25) is 0 Å². The smallest absolute Gasteiger partial charge is 0.148 e. The van der Waals surface area contributed by atoms with Gasteiger partial charge >= 0.3 is 0 Å². The number of terminal acetylenes is 1. The van der Waals surface area contributed by atoms with Crippen LogP contribution < -0.4 is 10.1 Å². The van der Waals surface area contributed by atoms with Crippen molar-refractivity contribution in [2.45, 2.75) is 13.0 Å². The van der Waals surface area contributed by atoms with E-state index in [-0.39, 0.29) is 0 Å². The van der Waals surface area contributed by atoms with Crippen molar-refractivity contribution in [3.63, 3.8) is 0 Å². The highest BCUT2D eigenvalue weighted by molar-refractivity contribution is 9.10. The molecular formula is C18H26BrN3O. The maximum absolute atomic E-state index is 5.59. The summed E-state index contributed by atoms with van der Waals surface area (Å²) in [6.45, 7) is 8.01. The van der Waals surface area contributed by atoms with Gasteiger partial charge in [0.2, 0.25) is 0 Å². The maximum atomic E-state index is 5.59. The van der Waals surface area contributed by atoms with Crippen molar-refractivity contribution >= 4 is 15.9 Å². The maximum Gasteiger partial charge on any atom is 0.148 e. The van der Waals surface area contributed by atoms with E-state index in [1.807, 2.05) is 12.1 Å². The van der Waals surface area contributed by atoms with Crippen LogP contribution in [-0.2, 0) is 6.54 Å². The molecule has 0 amide bonds. The largest absolute Gasteiger partial charge is 0.481 e. The molecule has 0 aliphatic carbocycles. The minimum Gasteiger partial charge on any atom is -0.481 e. The number of nitrogens with one attached hydrogen (secondary N) is 1. The van der Waals surface area contributed by atoms with E-state index in [1.54, 1.807) is 0 Å². The van der Waals surface area contributed by atoms with Crippen molar-refractivity contribution in [3.8, 4) is 18.1 Å². The van der Waals surface area contributed by atoms with Gasteiger partial charge in [0.05, 0.1) is 0 Å². The highest BCUT2D eigenvalue weighted by Gasteiger charge is 2.12. The highest BCUT2D eigenvalue weighted by atomic mass is 79.9. The minimum atomic E-state index is 0.304. The van der Waals surface area contributed by atoms with Crippen LogP contribution in [0.15, 0.2) is 22.7 Å². The molecule has 0 bridgehead atoms. The Hall–Kier alpha value is -1.06. The molecule has 0 radical (unpaired) electrons. The summed E-state index contributed by atoms with van der Waals surface area (Å²) in [5.74, 6) is 3.37. The molecule has 1 N–H and O–H groups in total. The van der Waals surface area contributed by atoms with Gasteiger partial charge in [-0.05, 0) is 44.8 Å². The van der Waals surface area contributed by atoms with Crippen LogP contribution in [0.5, 0.6) is 5.75 Å². The molecule has 23 heavy (non-hydrogen) atoms.